The van der Waals surface area contributed by atoms with Crippen molar-refractivity contribution in [3.63, 3.8) is 0 Å². The van der Waals surface area contributed by atoms with Gasteiger partial charge in [-0.15, -0.1) is 0 Å². The maximum atomic E-state index is 11.2. The Kier molecular flexibility index (Phi) is 0.900. The summed E-state index contributed by atoms with van der Waals surface area (Å²) in [5.41, 5.74) is -5.22. The molecule has 0 aromatic heterocycles. The molecule has 0 saturated carbocycles. The van der Waals surface area contributed by atoms with Gasteiger partial charge in [0, 0.05) is 8.22 Å². The summed E-state index contributed by atoms with van der Waals surface area (Å²) in [6, 6.07) is 0. The van der Waals surface area contributed by atoms with Gasteiger partial charge in [-0.3, -0.25) is 0 Å². The Morgan fingerprint density at radius 2 is 2.15 bits per heavy atom. The Bertz CT molecular complexity index is 422. The van der Waals surface area contributed by atoms with Crippen LogP contribution in [0, 0.1) is 0 Å². The standard InChI is InChI=1S/C9H15NO3/c1-8(2)5-6(7(11)12)9(3,4)10(8)13/h5,13H,1-4H3,(H,11,12)/i3D3,4D3,10+1. The first-order valence-electron chi connectivity index (χ1n) is 6.65. The Hall–Kier alpha value is -0.870. The molecule has 4 heteroatoms. The van der Waals surface area contributed by atoms with Crippen LogP contribution in [-0.2, 0) is 4.79 Å². The molecule has 0 aromatic rings. The second kappa shape index (κ2) is 2.56. The molecule has 1 aliphatic rings. The highest BCUT2D eigenvalue weighted by Gasteiger charge is 2.47. The van der Waals surface area contributed by atoms with Crippen molar-refractivity contribution >= 4 is 5.97 Å². The van der Waals surface area contributed by atoms with E-state index in [9.17, 15) is 10.0 Å². The van der Waals surface area contributed by atoms with Gasteiger partial charge in [0.15, 0.2) is 0 Å². The average molecular weight is 192 g/mol. The minimum absolute atomic E-state index is 0.115. The summed E-state index contributed by atoms with van der Waals surface area (Å²) in [6.45, 7) is -3.83. The largest absolute Gasteiger partial charge is 0.478 e. The van der Waals surface area contributed by atoms with E-state index in [-0.39, 0.29) is 5.06 Å². The molecule has 0 radical (unpaired) electrons. The number of hydrogen-bond donors (Lipinski definition) is 2. The minimum Gasteiger partial charge on any atom is -0.478 e. The van der Waals surface area contributed by atoms with Crippen LogP contribution in [0.1, 0.15) is 35.8 Å². The maximum Gasteiger partial charge on any atom is 0.333 e. The first kappa shape index (κ1) is 4.57. The van der Waals surface area contributed by atoms with E-state index in [4.69, 9.17) is 13.3 Å². The number of rotatable bonds is 1. The quantitative estimate of drug-likeness (QED) is 0.614. The number of carboxylic acids is 1. The van der Waals surface area contributed by atoms with Crippen molar-refractivity contribution < 1.29 is 23.3 Å². The first-order valence-corrected chi connectivity index (χ1v) is 3.65. The Morgan fingerprint density at radius 3 is 2.46 bits per heavy atom. The van der Waals surface area contributed by atoms with Gasteiger partial charge in [-0.25, -0.2) is 4.79 Å². The van der Waals surface area contributed by atoms with Crippen LogP contribution < -0.4 is 0 Å². The first-order chi connectivity index (χ1) is 8.19. The minimum atomic E-state index is -3.25. The Labute approximate surface area is 85.9 Å². The summed E-state index contributed by atoms with van der Waals surface area (Å²) in [5, 5.41) is 19.3. The predicted molar refractivity (Wildman–Crippen MR) is 47.5 cm³/mol. The molecule has 0 fully saturated rings. The lowest BCUT2D eigenvalue weighted by Crippen LogP contribution is -2.48. The highest BCUT2D eigenvalue weighted by atomic mass is 16.8. The molecule has 4 nitrogen and oxygen atoms in total. The third kappa shape index (κ3) is 1.36. The zero-order valence-electron chi connectivity index (χ0n) is 13.3. The van der Waals surface area contributed by atoms with Crippen LogP contribution in [0.25, 0.3) is 0 Å². The van der Waals surface area contributed by atoms with Crippen molar-refractivity contribution in [1.82, 2.24) is 5.06 Å². The number of aliphatic carboxylic acids is 1. The van der Waals surface area contributed by atoms with Crippen LogP contribution in [0.4, 0.5) is 0 Å². The smallest absolute Gasteiger partial charge is 0.333 e. The summed E-state index contributed by atoms with van der Waals surface area (Å²) < 4.78 is 44.6. The number of hydroxylamine groups is 2. The van der Waals surface area contributed by atoms with Gasteiger partial charge in [0.1, 0.15) is 0 Å². The summed E-state index contributed by atoms with van der Waals surface area (Å²) in [6.07, 6.45) is 0.952. The van der Waals surface area contributed by atoms with Crippen molar-refractivity contribution in [3.05, 3.63) is 11.6 Å². The summed E-state index contributed by atoms with van der Waals surface area (Å²) in [7, 11) is 0. The van der Waals surface area contributed by atoms with Gasteiger partial charge in [-0.2, -0.15) is 5.06 Å². The van der Waals surface area contributed by atoms with Crippen LogP contribution in [0.5, 0.6) is 0 Å². The van der Waals surface area contributed by atoms with Crippen molar-refractivity contribution in [2.75, 3.05) is 0 Å². The van der Waals surface area contributed by atoms with Crippen molar-refractivity contribution in [1.29, 1.82) is 0 Å². The lowest BCUT2D eigenvalue weighted by Gasteiger charge is -2.35. The molecule has 0 spiro atoms. The van der Waals surface area contributed by atoms with E-state index in [1.807, 2.05) is 0 Å². The third-order valence-corrected chi connectivity index (χ3v) is 1.98. The molecule has 0 unspecified atom stereocenters. The van der Waals surface area contributed by atoms with Gasteiger partial charge in [0.05, 0.1) is 16.7 Å². The van der Waals surface area contributed by atoms with Gasteiger partial charge in [0.2, 0.25) is 0 Å². The molecule has 0 atom stereocenters. The number of carboxylic acid groups (broad SMARTS) is 1. The molecule has 0 aliphatic carbocycles. The summed E-state index contributed by atoms with van der Waals surface area (Å²) in [5.74, 6) is -1.68. The number of carbonyl (C=O) groups is 1. The fraction of sp³-hybridized carbons (Fsp3) is 0.667. The second-order valence-electron chi connectivity index (χ2n) is 3.54. The molecule has 1 rings (SSSR count). The fourth-order valence-corrected chi connectivity index (χ4v) is 1.28. The molecular formula is C9H15NO3. The van der Waals surface area contributed by atoms with Crippen LogP contribution >= 0.6 is 0 Å². The molecule has 13 heavy (non-hydrogen) atoms. The highest BCUT2D eigenvalue weighted by Crippen LogP contribution is 2.38. The molecule has 0 bridgehead atoms. The van der Waals surface area contributed by atoms with E-state index in [2.05, 4.69) is 0 Å². The fourth-order valence-electron chi connectivity index (χ4n) is 1.28. The van der Waals surface area contributed by atoms with Gasteiger partial charge < -0.3 is 10.3 Å². The van der Waals surface area contributed by atoms with E-state index in [0.29, 0.717) is 0 Å². The predicted octanol–water partition coefficient (Wildman–Crippen LogP) is 1.26. The molecule has 74 valence electrons. The monoisotopic (exact) mass is 192 g/mol. The van der Waals surface area contributed by atoms with Crippen LogP contribution in [-0.4, -0.2) is 32.4 Å². The van der Waals surface area contributed by atoms with E-state index in [1.165, 1.54) is 13.8 Å². The molecule has 1 aliphatic heterocycles. The van der Waals surface area contributed by atoms with E-state index >= 15 is 0 Å². The summed E-state index contributed by atoms with van der Waals surface area (Å²) in [4.78, 5) is 11.2. The van der Waals surface area contributed by atoms with Crippen LogP contribution in [0.2, 0.25) is 0 Å². The summed E-state index contributed by atoms with van der Waals surface area (Å²) >= 11 is 0. The maximum absolute atomic E-state index is 11.2. The lowest BCUT2D eigenvalue weighted by atomic mass is 9.98. The molecule has 0 aromatic carbocycles. The zero-order chi connectivity index (χ0) is 15.4. The Morgan fingerprint density at radius 1 is 1.62 bits per heavy atom. The molecule has 0 saturated heterocycles. The molecule has 1 heterocycles. The van der Waals surface area contributed by atoms with Crippen LogP contribution in [0.15, 0.2) is 11.6 Å². The van der Waals surface area contributed by atoms with E-state index in [0.717, 1.165) is 6.08 Å². The Balaban J connectivity index is 3.73. The van der Waals surface area contributed by atoms with E-state index in [1.54, 1.807) is 0 Å². The van der Waals surface area contributed by atoms with Gasteiger partial charge in [0.25, 0.3) is 0 Å². The molecule has 2 N–H and O–H groups in total. The van der Waals surface area contributed by atoms with Crippen LogP contribution in [0.3, 0.4) is 0 Å². The van der Waals surface area contributed by atoms with Crippen molar-refractivity contribution in [3.8, 4) is 0 Å². The second-order valence-corrected chi connectivity index (χ2v) is 3.54. The van der Waals surface area contributed by atoms with Gasteiger partial charge in [-0.1, -0.05) is 6.08 Å². The number of hydrogen-bond acceptors (Lipinski definition) is 3. The SMILES string of the molecule is [2H]C([2H])([2H])C1(C([2H])([2H])[2H])C(C(=O)O)=CC(C)(C)[15N]1O. The van der Waals surface area contributed by atoms with Gasteiger partial charge >= 0.3 is 5.97 Å². The highest BCUT2D eigenvalue weighted by molar-refractivity contribution is 5.90. The average Bonchev–Trinajstić information content (AvgIpc) is 2.33. The third-order valence-electron chi connectivity index (χ3n) is 1.98. The topological polar surface area (TPSA) is 60.8 Å². The number of nitrogens with zero attached hydrogens (tertiary/aromatic N) is 1. The van der Waals surface area contributed by atoms with Crippen molar-refractivity contribution in [2.45, 2.75) is 38.6 Å². The molecule has 0 amide bonds. The molecular weight excluding hydrogens is 171 g/mol. The lowest BCUT2D eigenvalue weighted by molar-refractivity contribution is -0.187. The van der Waals surface area contributed by atoms with Gasteiger partial charge in [-0.05, 0) is 27.6 Å². The van der Waals surface area contributed by atoms with E-state index < -0.39 is 36.3 Å². The van der Waals surface area contributed by atoms with Crippen molar-refractivity contribution in [2.24, 2.45) is 0 Å². The zero-order valence-corrected chi connectivity index (χ0v) is 7.33. The normalized spacial score (nSPS) is 34.5.